The normalized spacial score (nSPS) is 15.9. The zero-order valence-corrected chi connectivity index (χ0v) is 8.05. The van der Waals surface area contributed by atoms with Crippen LogP contribution in [0.25, 0.3) is 0 Å². The summed E-state index contributed by atoms with van der Waals surface area (Å²) in [4.78, 5) is 10.9. The van der Waals surface area contributed by atoms with Crippen molar-refractivity contribution in [2.45, 2.75) is 18.3 Å². The van der Waals surface area contributed by atoms with Crippen LogP contribution in [-0.2, 0) is 10.2 Å². The molecule has 4 nitrogen and oxygen atoms in total. The van der Waals surface area contributed by atoms with Gasteiger partial charge < -0.3 is 11.0 Å². The Balaban J connectivity index is 0.000000980. The molecule has 0 heterocycles. The fraction of sp³-hybridized carbons (Fsp3) is 0.300. The van der Waals surface area contributed by atoms with Crippen LogP contribution in [0, 0.1) is 0 Å². The first kappa shape index (κ1) is 13.7. The largest absolute Gasteiger partial charge is 0.870 e. The first-order valence-corrected chi connectivity index (χ1v) is 4.24. The average molecular weight is 206 g/mol. The van der Waals surface area contributed by atoms with Gasteiger partial charge in [0.15, 0.2) is 0 Å². The number of hydrogen-bond acceptors (Lipinski definition) is 3. The van der Waals surface area contributed by atoms with Crippen molar-refractivity contribution in [1.29, 1.82) is 0 Å². The molecule has 0 radical (unpaired) electrons. The number of benzene rings is 1. The van der Waals surface area contributed by atoms with Crippen molar-refractivity contribution >= 4 is 19.3 Å². The van der Waals surface area contributed by atoms with E-state index in [0.717, 1.165) is 18.4 Å². The molecule has 1 aliphatic carbocycles. The van der Waals surface area contributed by atoms with E-state index in [4.69, 9.17) is 13.0 Å². The second-order valence-electron chi connectivity index (χ2n) is 3.51. The van der Waals surface area contributed by atoms with Crippen molar-refractivity contribution in [3.63, 3.8) is 0 Å². The zero-order chi connectivity index (χ0) is 9.47. The van der Waals surface area contributed by atoms with Crippen LogP contribution in [0.5, 0.6) is 0 Å². The van der Waals surface area contributed by atoms with Gasteiger partial charge in [0, 0.05) is 0 Å². The van der Waals surface area contributed by atoms with E-state index in [1.807, 2.05) is 0 Å². The molecule has 0 aromatic heterocycles. The number of carboxylic acid groups (broad SMARTS) is 1. The van der Waals surface area contributed by atoms with Crippen LogP contribution >= 0.6 is 0 Å². The van der Waals surface area contributed by atoms with E-state index in [1.54, 1.807) is 24.3 Å². The fourth-order valence-electron chi connectivity index (χ4n) is 1.55. The van der Waals surface area contributed by atoms with Gasteiger partial charge in [0.2, 0.25) is 0 Å². The van der Waals surface area contributed by atoms with Crippen molar-refractivity contribution in [3.05, 3.63) is 29.8 Å². The third-order valence-corrected chi connectivity index (χ3v) is 2.62. The van der Waals surface area contributed by atoms with E-state index in [-0.39, 0.29) is 11.0 Å². The van der Waals surface area contributed by atoms with Crippen LogP contribution in [0.1, 0.15) is 18.4 Å². The molecule has 0 bridgehead atoms. The van der Waals surface area contributed by atoms with E-state index in [0.29, 0.717) is 5.46 Å². The second-order valence-corrected chi connectivity index (χ2v) is 3.51. The Morgan fingerprint density at radius 3 is 2.00 bits per heavy atom. The molecule has 1 saturated carbocycles. The van der Waals surface area contributed by atoms with Gasteiger partial charge in [-0.05, 0) is 0 Å². The minimum absolute atomic E-state index is 0. The van der Waals surface area contributed by atoms with Gasteiger partial charge in [0.1, 0.15) is 0 Å². The number of hydrogen-bond donors (Lipinski definition) is 1. The molecule has 0 spiro atoms. The predicted octanol–water partition coefficient (Wildman–Crippen LogP) is 0.243. The molecular weight excluding hydrogens is 195 g/mol. The Bertz CT molecular complexity index is 343. The molecule has 5 heteroatoms. The number of rotatable bonds is 2. The van der Waals surface area contributed by atoms with Crippen LogP contribution in [-0.4, -0.2) is 29.9 Å². The third-order valence-electron chi connectivity index (χ3n) is 2.62. The van der Waals surface area contributed by atoms with Gasteiger partial charge >= 0.3 is 77.3 Å². The van der Waals surface area contributed by atoms with Crippen LogP contribution < -0.4 is 5.46 Å². The van der Waals surface area contributed by atoms with Crippen molar-refractivity contribution in [1.82, 2.24) is 0 Å². The summed E-state index contributed by atoms with van der Waals surface area (Å²) in [6.07, 6.45) is 1.48. The van der Waals surface area contributed by atoms with E-state index < -0.39 is 11.4 Å². The van der Waals surface area contributed by atoms with Gasteiger partial charge in [-0.2, -0.15) is 0 Å². The minimum atomic E-state index is -0.725. The van der Waals surface area contributed by atoms with Crippen molar-refractivity contribution in [3.8, 4) is 0 Å². The van der Waals surface area contributed by atoms with E-state index >= 15 is 0 Å². The summed E-state index contributed by atoms with van der Waals surface area (Å²) >= 11 is 0. The molecule has 0 atom stereocenters. The summed E-state index contributed by atoms with van der Waals surface area (Å²) in [6, 6.07) is 7.10. The zero-order valence-electron chi connectivity index (χ0n) is 8.05. The maximum absolute atomic E-state index is 10.9. The van der Waals surface area contributed by atoms with Gasteiger partial charge in [-0.15, -0.1) is 0 Å². The van der Waals surface area contributed by atoms with Crippen LogP contribution in [0.3, 0.4) is 0 Å². The molecule has 1 aromatic rings. The molecule has 1 aromatic carbocycles. The fourth-order valence-corrected chi connectivity index (χ4v) is 1.55. The second kappa shape index (κ2) is 4.46. The minimum Gasteiger partial charge on any atom is -0.870 e. The Morgan fingerprint density at radius 2 is 1.67 bits per heavy atom. The van der Waals surface area contributed by atoms with Gasteiger partial charge in [0.05, 0.1) is 0 Å². The molecule has 0 unspecified atom stereocenters. The van der Waals surface area contributed by atoms with Crippen LogP contribution in [0.15, 0.2) is 24.3 Å². The maximum Gasteiger partial charge on any atom is -0.870 e. The number of carboxylic acids is 1. The molecule has 1 aliphatic rings. The van der Waals surface area contributed by atoms with Crippen LogP contribution in [0.2, 0.25) is 0 Å². The molecule has 78 valence electrons. The topological polar surface area (TPSA) is 97.3 Å². The summed E-state index contributed by atoms with van der Waals surface area (Å²) < 4.78 is 0. The quantitative estimate of drug-likeness (QED) is 0.700. The summed E-state index contributed by atoms with van der Waals surface area (Å²) in [5.74, 6) is -0.725. The first-order valence-electron chi connectivity index (χ1n) is 4.24. The molecule has 15 heavy (non-hydrogen) atoms. The van der Waals surface area contributed by atoms with E-state index in [9.17, 15) is 4.79 Å². The standard InChI is InChI=1S/C10H9BO2.2H2O/c11-8-3-1-7(2-4-8)10(5-6-10)9(12)13;;/h1-4H,5-6H2,(H,12,13);2*1H2/q+2;;/p-2. The summed E-state index contributed by atoms with van der Waals surface area (Å²) in [5, 5.41) is 9.00. The molecule has 0 amide bonds. The van der Waals surface area contributed by atoms with Gasteiger partial charge in [-0.3, -0.25) is 0 Å². The monoisotopic (exact) mass is 206 g/mol. The number of carbonyl (C=O) groups is 1. The summed E-state index contributed by atoms with van der Waals surface area (Å²) in [6.45, 7) is 0. The van der Waals surface area contributed by atoms with Gasteiger partial charge in [-0.25, -0.2) is 0 Å². The summed E-state index contributed by atoms with van der Waals surface area (Å²) in [5.41, 5.74) is 0.937. The molecule has 0 aliphatic heterocycles. The van der Waals surface area contributed by atoms with E-state index in [1.165, 1.54) is 0 Å². The SMILES string of the molecule is [B+2]c1ccc(C2(C(=O)O)CC2)cc1.[OH-].[OH-]. The number of aliphatic carboxylic acids is 1. The van der Waals surface area contributed by atoms with Gasteiger partial charge in [-0.1, -0.05) is 0 Å². The third kappa shape index (κ3) is 2.19. The Hall–Kier alpha value is -1.33. The Morgan fingerprint density at radius 1 is 1.20 bits per heavy atom. The Kier molecular flexibility index (Phi) is 4.07. The predicted molar refractivity (Wildman–Crippen MR) is 54.2 cm³/mol. The van der Waals surface area contributed by atoms with Crippen molar-refractivity contribution < 1.29 is 20.9 Å². The van der Waals surface area contributed by atoms with E-state index in [2.05, 4.69) is 0 Å². The summed E-state index contributed by atoms with van der Waals surface area (Å²) in [7, 11) is 5.52. The van der Waals surface area contributed by atoms with Gasteiger partial charge in [0.25, 0.3) is 0 Å². The van der Waals surface area contributed by atoms with Crippen molar-refractivity contribution in [2.75, 3.05) is 0 Å². The molecule has 3 N–H and O–H groups in total. The molecular formula is C10H11BO4. The molecule has 2 rings (SSSR count). The average Bonchev–Trinajstić information content (AvgIpc) is 2.86. The van der Waals surface area contributed by atoms with Crippen molar-refractivity contribution in [2.24, 2.45) is 0 Å². The molecule has 1 fully saturated rings. The maximum atomic E-state index is 10.9. The van der Waals surface area contributed by atoms with Crippen LogP contribution in [0.4, 0.5) is 0 Å². The molecule has 0 saturated heterocycles. The first-order chi connectivity index (χ1) is 6.15. The smallest absolute Gasteiger partial charge is 0.870 e. The Labute approximate surface area is 89.0 Å².